The highest BCUT2D eigenvalue weighted by Crippen LogP contribution is 2.14. The highest BCUT2D eigenvalue weighted by molar-refractivity contribution is 9.10. The van der Waals surface area contributed by atoms with Gasteiger partial charge in [-0.2, -0.15) is 0 Å². The summed E-state index contributed by atoms with van der Waals surface area (Å²) < 4.78 is 1.01. The van der Waals surface area contributed by atoms with Gasteiger partial charge in [-0.05, 0) is 30.7 Å². The third-order valence-electron chi connectivity index (χ3n) is 2.05. The first-order chi connectivity index (χ1) is 8.63. The zero-order valence-electron chi connectivity index (χ0n) is 9.55. The fourth-order valence-corrected chi connectivity index (χ4v) is 2.10. The van der Waals surface area contributed by atoms with E-state index in [0.29, 0.717) is 5.13 Å². The van der Waals surface area contributed by atoms with Gasteiger partial charge < -0.3 is 0 Å². The van der Waals surface area contributed by atoms with Gasteiger partial charge in [0.25, 0.3) is 0 Å². The number of halogens is 1. The zero-order chi connectivity index (χ0) is 13.0. The van der Waals surface area contributed by atoms with Crippen molar-refractivity contribution in [2.75, 3.05) is 5.32 Å². The Labute approximate surface area is 117 Å². The van der Waals surface area contributed by atoms with Crippen LogP contribution in [0.2, 0.25) is 0 Å². The lowest BCUT2D eigenvalue weighted by molar-refractivity contribution is -0.111. The summed E-state index contributed by atoms with van der Waals surface area (Å²) in [5.41, 5.74) is 0.960. The molecule has 6 heteroatoms. The zero-order valence-corrected chi connectivity index (χ0v) is 12.0. The maximum atomic E-state index is 11.6. The van der Waals surface area contributed by atoms with E-state index < -0.39 is 0 Å². The average Bonchev–Trinajstić information content (AvgIpc) is 2.74. The fraction of sp³-hybridized carbons (Fsp3) is 0.0833. The summed E-state index contributed by atoms with van der Waals surface area (Å²) >= 11 is 4.70. The Balaban J connectivity index is 1.96. The maximum absolute atomic E-state index is 11.6. The number of carbonyl (C=O) groups is 1. The topological polar surface area (TPSA) is 54.9 Å². The molecule has 4 nitrogen and oxygen atoms in total. The lowest BCUT2D eigenvalue weighted by Crippen LogP contribution is -2.07. The Morgan fingerprint density at radius 2 is 2.06 bits per heavy atom. The minimum Gasteiger partial charge on any atom is -0.297 e. The van der Waals surface area contributed by atoms with Gasteiger partial charge in [0.15, 0.2) is 0 Å². The number of hydrogen-bond acceptors (Lipinski definition) is 4. The van der Waals surface area contributed by atoms with Crippen molar-refractivity contribution in [2.24, 2.45) is 0 Å². The summed E-state index contributed by atoms with van der Waals surface area (Å²) in [6.07, 6.45) is 3.22. The smallest absolute Gasteiger partial charge is 0.250 e. The summed E-state index contributed by atoms with van der Waals surface area (Å²) in [7, 11) is 0. The molecule has 1 heterocycles. The van der Waals surface area contributed by atoms with Crippen LogP contribution in [-0.2, 0) is 4.79 Å². The molecule has 0 aliphatic heterocycles. The molecular formula is C12H10BrN3OS. The van der Waals surface area contributed by atoms with Gasteiger partial charge in [-0.15, -0.1) is 10.2 Å². The number of anilines is 1. The van der Waals surface area contributed by atoms with E-state index in [1.165, 1.54) is 17.4 Å². The first kappa shape index (κ1) is 12.9. The molecule has 0 atom stereocenters. The van der Waals surface area contributed by atoms with Gasteiger partial charge in [0.2, 0.25) is 11.0 Å². The molecule has 0 spiro atoms. The Morgan fingerprint density at radius 1 is 1.33 bits per heavy atom. The second-order valence-corrected chi connectivity index (χ2v) is 5.60. The molecule has 0 unspecified atom stereocenters. The Hall–Kier alpha value is -1.53. The molecule has 0 fully saturated rings. The molecule has 0 radical (unpaired) electrons. The van der Waals surface area contributed by atoms with E-state index in [2.05, 4.69) is 31.4 Å². The summed E-state index contributed by atoms with van der Waals surface area (Å²) in [5, 5.41) is 11.6. The van der Waals surface area contributed by atoms with Crippen LogP contribution in [0.15, 0.2) is 34.8 Å². The molecule has 92 valence electrons. The van der Waals surface area contributed by atoms with Crippen molar-refractivity contribution in [3.05, 3.63) is 45.4 Å². The lowest BCUT2D eigenvalue weighted by Gasteiger charge is -1.95. The monoisotopic (exact) mass is 323 g/mol. The Bertz CT molecular complexity index is 577. The quantitative estimate of drug-likeness (QED) is 0.882. The summed E-state index contributed by atoms with van der Waals surface area (Å²) in [4.78, 5) is 11.6. The average molecular weight is 324 g/mol. The predicted octanol–water partition coefficient (Wildman–Crippen LogP) is 3.26. The van der Waals surface area contributed by atoms with Crippen molar-refractivity contribution in [3.8, 4) is 0 Å². The Morgan fingerprint density at radius 3 is 2.67 bits per heavy atom. The largest absolute Gasteiger partial charge is 0.297 e. The molecule has 0 bridgehead atoms. The van der Waals surface area contributed by atoms with Gasteiger partial charge in [0, 0.05) is 10.5 Å². The molecule has 2 aromatic rings. The van der Waals surface area contributed by atoms with Crippen LogP contribution in [0.4, 0.5) is 5.13 Å². The van der Waals surface area contributed by atoms with Crippen molar-refractivity contribution in [2.45, 2.75) is 6.92 Å². The molecule has 1 amide bonds. The third kappa shape index (κ3) is 3.75. The number of benzene rings is 1. The number of nitrogens with one attached hydrogen (secondary N) is 1. The minimum absolute atomic E-state index is 0.214. The van der Waals surface area contributed by atoms with E-state index in [-0.39, 0.29) is 5.91 Å². The Kier molecular flexibility index (Phi) is 4.22. The lowest BCUT2D eigenvalue weighted by atomic mass is 10.2. The predicted molar refractivity (Wildman–Crippen MR) is 76.5 cm³/mol. The van der Waals surface area contributed by atoms with E-state index >= 15 is 0 Å². The van der Waals surface area contributed by atoms with Crippen LogP contribution in [0.1, 0.15) is 10.6 Å². The third-order valence-corrected chi connectivity index (χ3v) is 3.34. The number of aryl methyl sites for hydroxylation is 1. The van der Waals surface area contributed by atoms with Crippen molar-refractivity contribution in [3.63, 3.8) is 0 Å². The molecule has 1 N–H and O–H groups in total. The molecule has 0 saturated carbocycles. The summed E-state index contributed by atoms with van der Waals surface area (Å²) in [6.45, 7) is 1.84. The molecule has 0 aliphatic carbocycles. The first-order valence-corrected chi connectivity index (χ1v) is 6.79. The van der Waals surface area contributed by atoms with E-state index in [9.17, 15) is 4.79 Å². The number of amides is 1. The van der Waals surface area contributed by atoms with Crippen molar-refractivity contribution >= 4 is 44.4 Å². The molecule has 2 rings (SSSR count). The molecule has 1 aromatic heterocycles. The second kappa shape index (κ2) is 5.88. The minimum atomic E-state index is -0.214. The van der Waals surface area contributed by atoms with Crippen LogP contribution in [0, 0.1) is 6.92 Å². The van der Waals surface area contributed by atoms with Gasteiger partial charge in [-0.1, -0.05) is 39.4 Å². The van der Waals surface area contributed by atoms with Gasteiger partial charge in [0.1, 0.15) is 5.01 Å². The highest BCUT2D eigenvalue weighted by atomic mass is 79.9. The van der Waals surface area contributed by atoms with Gasteiger partial charge in [-0.3, -0.25) is 10.1 Å². The van der Waals surface area contributed by atoms with Crippen LogP contribution < -0.4 is 5.32 Å². The number of rotatable bonds is 3. The van der Waals surface area contributed by atoms with E-state index in [0.717, 1.165) is 15.0 Å². The fourth-order valence-electron chi connectivity index (χ4n) is 1.24. The number of aromatic nitrogens is 2. The van der Waals surface area contributed by atoms with E-state index in [4.69, 9.17) is 0 Å². The number of hydrogen-bond donors (Lipinski definition) is 1. The number of nitrogens with zero attached hydrogens (tertiary/aromatic N) is 2. The molecule has 1 aromatic carbocycles. The van der Waals surface area contributed by atoms with Crippen LogP contribution in [0.3, 0.4) is 0 Å². The van der Waals surface area contributed by atoms with Crippen LogP contribution >= 0.6 is 27.3 Å². The standard InChI is InChI=1S/C12H10BrN3OS/c1-8-15-16-12(18-8)14-11(17)7-4-9-2-5-10(13)6-3-9/h2-7H,1H3,(H,14,16,17)/b7-4-. The van der Waals surface area contributed by atoms with Crippen LogP contribution in [0.5, 0.6) is 0 Å². The summed E-state index contributed by atoms with van der Waals surface area (Å²) in [5.74, 6) is -0.214. The van der Waals surface area contributed by atoms with Crippen LogP contribution in [-0.4, -0.2) is 16.1 Å². The van der Waals surface area contributed by atoms with Gasteiger partial charge in [0.05, 0.1) is 0 Å². The SMILES string of the molecule is Cc1nnc(NC(=O)/C=C\c2ccc(Br)cc2)s1. The number of carbonyl (C=O) groups excluding carboxylic acids is 1. The maximum Gasteiger partial charge on any atom is 0.250 e. The second-order valence-electron chi connectivity index (χ2n) is 3.50. The first-order valence-electron chi connectivity index (χ1n) is 5.18. The van der Waals surface area contributed by atoms with Crippen molar-refractivity contribution < 1.29 is 4.79 Å². The summed E-state index contributed by atoms with van der Waals surface area (Å²) in [6, 6.07) is 7.68. The van der Waals surface area contributed by atoms with Gasteiger partial charge in [-0.25, -0.2) is 0 Å². The highest BCUT2D eigenvalue weighted by Gasteiger charge is 2.02. The van der Waals surface area contributed by atoms with Crippen LogP contribution in [0.25, 0.3) is 6.08 Å². The molecular weight excluding hydrogens is 314 g/mol. The van der Waals surface area contributed by atoms with Gasteiger partial charge >= 0.3 is 0 Å². The van der Waals surface area contributed by atoms with Crippen molar-refractivity contribution in [1.29, 1.82) is 0 Å². The molecule has 0 saturated heterocycles. The molecule has 0 aliphatic rings. The normalized spacial score (nSPS) is 10.8. The molecule has 18 heavy (non-hydrogen) atoms. The van der Waals surface area contributed by atoms with Crippen molar-refractivity contribution in [1.82, 2.24) is 10.2 Å². The van der Waals surface area contributed by atoms with E-state index in [1.807, 2.05) is 31.2 Å². The van der Waals surface area contributed by atoms with E-state index in [1.54, 1.807) is 6.08 Å².